The number of nitrogens with zero attached hydrogens (tertiary/aromatic N) is 1. The number of hydrogen-bond donors (Lipinski definition) is 3. The van der Waals surface area contributed by atoms with Gasteiger partial charge in [-0.2, -0.15) is 0 Å². The highest BCUT2D eigenvalue weighted by Gasteiger charge is 2.41. The molecule has 0 spiro atoms. The molecule has 2 aromatic rings. The van der Waals surface area contributed by atoms with Crippen LogP contribution in [0.4, 0.5) is 5.69 Å². The number of nitrogens with one attached hydrogen (secondary N) is 2. The molecule has 0 radical (unpaired) electrons. The molecule has 0 saturated heterocycles. The van der Waals surface area contributed by atoms with Crippen molar-refractivity contribution >= 4 is 17.5 Å². The first kappa shape index (κ1) is 17.0. The Balaban J connectivity index is 1.80. The van der Waals surface area contributed by atoms with Crippen LogP contribution in [0.25, 0.3) is 0 Å². The quantitative estimate of drug-likeness (QED) is 0.799. The lowest BCUT2D eigenvalue weighted by Crippen LogP contribution is -2.57. The number of para-hydroxylation sites is 1. The normalized spacial score (nSPS) is 16.0. The number of carbonyl (C=O) groups is 2. The maximum absolute atomic E-state index is 12.9. The Morgan fingerprint density at radius 1 is 1.04 bits per heavy atom. The van der Waals surface area contributed by atoms with Crippen LogP contribution in [-0.4, -0.2) is 27.4 Å². The second-order valence-electron chi connectivity index (χ2n) is 6.35. The summed E-state index contributed by atoms with van der Waals surface area (Å²) in [6, 6.07) is 10.5. The predicted octanol–water partition coefficient (Wildman–Crippen LogP) is 2.86. The number of pyridine rings is 1. The first-order valence-corrected chi connectivity index (χ1v) is 8.42. The van der Waals surface area contributed by atoms with Crippen molar-refractivity contribution in [1.82, 2.24) is 10.3 Å². The van der Waals surface area contributed by atoms with Gasteiger partial charge in [0.05, 0.1) is 11.8 Å². The van der Waals surface area contributed by atoms with E-state index in [2.05, 4.69) is 15.6 Å². The van der Waals surface area contributed by atoms with Crippen molar-refractivity contribution in [1.29, 1.82) is 0 Å². The molecule has 25 heavy (non-hydrogen) atoms. The van der Waals surface area contributed by atoms with Gasteiger partial charge in [0, 0.05) is 11.9 Å². The van der Waals surface area contributed by atoms with E-state index in [1.54, 1.807) is 0 Å². The Hall–Kier alpha value is -2.89. The van der Waals surface area contributed by atoms with E-state index in [1.807, 2.05) is 30.3 Å². The van der Waals surface area contributed by atoms with Crippen LogP contribution >= 0.6 is 0 Å². The molecule has 0 unspecified atom stereocenters. The minimum atomic E-state index is -0.948. The number of aromatic nitrogens is 1. The standard InChI is InChI=1S/C19H21N3O3/c23-16-11-14(12-20-13-16)17(24)22-19(9-5-2-6-10-19)18(25)21-15-7-3-1-4-8-15/h1,3-4,7-8,11-13,23H,2,5-6,9-10H2,(H,21,25)(H,22,24). The van der Waals surface area contributed by atoms with Crippen molar-refractivity contribution in [3.63, 3.8) is 0 Å². The fraction of sp³-hybridized carbons (Fsp3) is 0.316. The van der Waals surface area contributed by atoms with Gasteiger partial charge in [0.15, 0.2) is 0 Å². The molecule has 2 amide bonds. The summed E-state index contributed by atoms with van der Waals surface area (Å²) in [5.41, 5.74) is -0.0143. The van der Waals surface area contributed by atoms with E-state index in [0.717, 1.165) is 19.3 Å². The zero-order chi connectivity index (χ0) is 17.7. The molecule has 0 aliphatic heterocycles. The van der Waals surface area contributed by atoms with Gasteiger partial charge < -0.3 is 15.7 Å². The highest BCUT2D eigenvalue weighted by molar-refractivity contribution is 6.03. The second-order valence-corrected chi connectivity index (χ2v) is 6.35. The largest absolute Gasteiger partial charge is 0.506 e. The Morgan fingerprint density at radius 3 is 2.44 bits per heavy atom. The molecule has 1 heterocycles. The number of amides is 2. The molecule has 0 bridgehead atoms. The highest BCUT2D eigenvalue weighted by atomic mass is 16.3. The van der Waals surface area contributed by atoms with Gasteiger partial charge in [0.2, 0.25) is 5.91 Å². The van der Waals surface area contributed by atoms with Gasteiger partial charge in [-0.3, -0.25) is 14.6 Å². The van der Waals surface area contributed by atoms with Crippen molar-refractivity contribution in [2.75, 3.05) is 5.32 Å². The van der Waals surface area contributed by atoms with Gasteiger partial charge in [-0.15, -0.1) is 0 Å². The van der Waals surface area contributed by atoms with E-state index in [4.69, 9.17) is 0 Å². The Morgan fingerprint density at radius 2 is 1.76 bits per heavy atom. The lowest BCUT2D eigenvalue weighted by atomic mass is 9.80. The molecule has 1 saturated carbocycles. The summed E-state index contributed by atoms with van der Waals surface area (Å²) in [5.74, 6) is -0.701. The molecule has 1 aliphatic carbocycles. The van der Waals surface area contributed by atoms with Crippen LogP contribution in [0.2, 0.25) is 0 Å². The lowest BCUT2D eigenvalue weighted by Gasteiger charge is -2.36. The van der Waals surface area contributed by atoms with E-state index in [1.165, 1.54) is 18.5 Å². The number of aromatic hydroxyl groups is 1. The van der Waals surface area contributed by atoms with Crippen LogP contribution < -0.4 is 10.6 Å². The molecule has 0 atom stereocenters. The topological polar surface area (TPSA) is 91.3 Å². The Labute approximate surface area is 146 Å². The number of hydrogen-bond acceptors (Lipinski definition) is 4. The third-order valence-electron chi connectivity index (χ3n) is 4.51. The van der Waals surface area contributed by atoms with E-state index < -0.39 is 11.4 Å². The minimum absolute atomic E-state index is 0.0842. The van der Waals surface area contributed by atoms with Crippen LogP contribution in [0.3, 0.4) is 0 Å². The van der Waals surface area contributed by atoms with Gasteiger partial charge in [0.1, 0.15) is 11.3 Å². The maximum Gasteiger partial charge on any atom is 0.253 e. The second kappa shape index (κ2) is 7.34. The molecule has 1 aromatic heterocycles. The molecule has 1 fully saturated rings. The summed E-state index contributed by atoms with van der Waals surface area (Å²) in [7, 11) is 0. The van der Waals surface area contributed by atoms with E-state index in [0.29, 0.717) is 18.5 Å². The molecule has 1 aromatic carbocycles. The number of anilines is 1. The van der Waals surface area contributed by atoms with Crippen molar-refractivity contribution in [2.24, 2.45) is 0 Å². The van der Waals surface area contributed by atoms with Crippen LogP contribution in [0.5, 0.6) is 5.75 Å². The summed E-state index contributed by atoms with van der Waals surface area (Å²) in [4.78, 5) is 29.3. The predicted molar refractivity (Wildman–Crippen MR) is 94.3 cm³/mol. The van der Waals surface area contributed by atoms with Gasteiger partial charge in [-0.05, 0) is 31.0 Å². The molecule has 3 N–H and O–H groups in total. The smallest absolute Gasteiger partial charge is 0.253 e. The van der Waals surface area contributed by atoms with Crippen LogP contribution in [-0.2, 0) is 4.79 Å². The zero-order valence-corrected chi connectivity index (χ0v) is 13.9. The third-order valence-corrected chi connectivity index (χ3v) is 4.51. The fourth-order valence-electron chi connectivity index (χ4n) is 3.18. The maximum atomic E-state index is 12.9. The molecule has 1 aliphatic rings. The minimum Gasteiger partial charge on any atom is -0.506 e. The summed E-state index contributed by atoms with van der Waals surface area (Å²) < 4.78 is 0. The van der Waals surface area contributed by atoms with Crippen LogP contribution in [0.15, 0.2) is 48.8 Å². The first-order chi connectivity index (χ1) is 12.1. The average molecular weight is 339 g/mol. The SMILES string of the molecule is O=C(NC1(C(=O)Nc2ccccc2)CCCCC1)c1cncc(O)c1. The highest BCUT2D eigenvalue weighted by Crippen LogP contribution is 2.30. The molecule has 130 valence electrons. The van der Waals surface area contributed by atoms with E-state index in [-0.39, 0.29) is 17.2 Å². The Kier molecular flexibility index (Phi) is 4.97. The van der Waals surface area contributed by atoms with Crippen molar-refractivity contribution < 1.29 is 14.7 Å². The number of benzene rings is 1. The van der Waals surface area contributed by atoms with Gasteiger partial charge in [-0.25, -0.2) is 0 Å². The molecule has 6 nitrogen and oxygen atoms in total. The molecular weight excluding hydrogens is 318 g/mol. The third kappa shape index (κ3) is 3.96. The van der Waals surface area contributed by atoms with E-state index >= 15 is 0 Å². The molecular formula is C19H21N3O3. The number of rotatable bonds is 4. The lowest BCUT2D eigenvalue weighted by molar-refractivity contribution is -0.123. The number of carbonyl (C=O) groups excluding carboxylic acids is 2. The monoisotopic (exact) mass is 339 g/mol. The van der Waals surface area contributed by atoms with Crippen molar-refractivity contribution in [3.05, 3.63) is 54.4 Å². The van der Waals surface area contributed by atoms with Crippen molar-refractivity contribution in [2.45, 2.75) is 37.6 Å². The van der Waals surface area contributed by atoms with E-state index in [9.17, 15) is 14.7 Å². The first-order valence-electron chi connectivity index (χ1n) is 8.42. The average Bonchev–Trinajstić information content (AvgIpc) is 2.63. The molecule has 3 rings (SSSR count). The summed E-state index contributed by atoms with van der Waals surface area (Å²) >= 11 is 0. The van der Waals surface area contributed by atoms with Gasteiger partial charge in [0.25, 0.3) is 5.91 Å². The van der Waals surface area contributed by atoms with Crippen LogP contribution in [0.1, 0.15) is 42.5 Å². The van der Waals surface area contributed by atoms with Crippen molar-refractivity contribution in [3.8, 4) is 5.75 Å². The zero-order valence-electron chi connectivity index (χ0n) is 13.9. The summed E-state index contributed by atoms with van der Waals surface area (Å²) in [6.45, 7) is 0. The Bertz CT molecular complexity index is 756. The van der Waals surface area contributed by atoms with Gasteiger partial charge >= 0.3 is 0 Å². The van der Waals surface area contributed by atoms with Crippen LogP contribution in [0, 0.1) is 0 Å². The summed E-state index contributed by atoms with van der Waals surface area (Å²) in [6.07, 6.45) is 6.61. The van der Waals surface area contributed by atoms with Gasteiger partial charge in [-0.1, -0.05) is 37.5 Å². The summed E-state index contributed by atoms with van der Waals surface area (Å²) in [5, 5.41) is 15.3. The molecule has 6 heteroatoms. The fourth-order valence-corrected chi connectivity index (χ4v) is 3.18.